The van der Waals surface area contributed by atoms with E-state index in [-0.39, 0.29) is 18.7 Å². The third-order valence-corrected chi connectivity index (χ3v) is 4.66. The number of methoxy groups -OCH3 is 2. The van der Waals surface area contributed by atoms with E-state index in [9.17, 15) is 14.4 Å². The monoisotopic (exact) mass is 424 g/mol. The van der Waals surface area contributed by atoms with E-state index in [4.69, 9.17) is 14.2 Å². The van der Waals surface area contributed by atoms with Crippen LogP contribution in [0.1, 0.15) is 12.5 Å². The second kappa shape index (κ2) is 9.90. The summed E-state index contributed by atoms with van der Waals surface area (Å²) in [5.41, 5.74) is 0.805. The lowest BCUT2D eigenvalue weighted by molar-refractivity contribution is -0.129. The molecule has 0 spiro atoms. The minimum Gasteiger partial charge on any atom is -0.493 e. The predicted octanol–water partition coefficient (Wildman–Crippen LogP) is 3.12. The van der Waals surface area contributed by atoms with Gasteiger partial charge in [-0.2, -0.15) is 0 Å². The molecule has 2 aromatic rings. The van der Waals surface area contributed by atoms with Crippen molar-refractivity contribution in [1.29, 1.82) is 0 Å². The van der Waals surface area contributed by atoms with Crippen LogP contribution in [-0.4, -0.2) is 56.7 Å². The van der Waals surface area contributed by atoms with Gasteiger partial charge in [0.2, 0.25) is 0 Å². The van der Waals surface area contributed by atoms with Crippen molar-refractivity contribution in [2.45, 2.75) is 6.92 Å². The van der Waals surface area contributed by atoms with Crippen molar-refractivity contribution in [3.8, 4) is 11.5 Å². The first kappa shape index (κ1) is 22.0. The Bertz CT molecular complexity index is 1000. The highest BCUT2D eigenvalue weighted by molar-refractivity contribution is 6.39. The van der Waals surface area contributed by atoms with Gasteiger partial charge >= 0.3 is 6.03 Å². The molecule has 0 radical (unpaired) electrons. The Morgan fingerprint density at radius 1 is 0.935 bits per heavy atom. The van der Waals surface area contributed by atoms with E-state index in [1.807, 2.05) is 6.92 Å². The molecule has 1 saturated heterocycles. The maximum absolute atomic E-state index is 13.2. The molecule has 0 atom stereocenters. The van der Waals surface area contributed by atoms with Crippen molar-refractivity contribution in [1.82, 2.24) is 4.90 Å². The molecule has 8 heteroatoms. The number of rotatable bonds is 8. The smallest absolute Gasteiger partial charge is 0.338 e. The van der Waals surface area contributed by atoms with Gasteiger partial charge in [0.15, 0.2) is 11.5 Å². The van der Waals surface area contributed by atoms with Crippen LogP contribution < -0.4 is 14.4 Å². The minimum absolute atomic E-state index is 0.0225. The molecule has 0 aromatic heterocycles. The zero-order valence-corrected chi connectivity index (χ0v) is 17.7. The fraction of sp³-hybridized carbons (Fsp3) is 0.261. The number of hydrogen-bond donors (Lipinski definition) is 0. The molecule has 3 rings (SSSR count). The Balaban J connectivity index is 2.05. The summed E-state index contributed by atoms with van der Waals surface area (Å²) < 4.78 is 15.9. The van der Waals surface area contributed by atoms with Crippen molar-refractivity contribution in [3.63, 3.8) is 0 Å². The van der Waals surface area contributed by atoms with Crippen LogP contribution in [-0.2, 0) is 14.3 Å². The molecule has 1 fully saturated rings. The molecule has 0 saturated carbocycles. The SMILES string of the molecule is CCOc1ccc(C=C2C(=O)N(CCOC)C(=O)N(c3ccccc3)C2=O)cc1OC. The standard InChI is InChI=1S/C23H24N2O6/c1-4-31-19-11-10-16(15-20(19)30-3)14-18-21(26)24(12-13-29-2)23(28)25(22(18)27)17-8-6-5-7-9-17/h5-11,14-15H,4,12-13H2,1-3H3. The number of hydrogen-bond acceptors (Lipinski definition) is 6. The largest absolute Gasteiger partial charge is 0.493 e. The molecular formula is C23H24N2O6. The minimum atomic E-state index is -0.709. The molecule has 1 aliphatic heterocycles. The fourth-order valence-corrected chi connectivity index (χ4v) is 3.18. The van der Waals surface area contributed by atoms with Crippen LogP contribution in [0.3, 0.4) is 0 Å². The first-order chi connectivity index (χ1) is 15.0. The zero-order valence-electron chi connectivity index (χ0n) is 17.7. The normalized spacial score (nSPS) is 15.6. The van der Waals surface area contributed by atoms with Crippen LogP contribution in [0.2, 0.25) is 0 Å². The van der Waals surface area contributed by atoms with Crippen LogP contribution in [0.25, 0.3) is 6.08 Å². The van der Waals surface area contributed by atoms with E-state index < -0.39 is 17.8 Å². The number of anilines is 1. The Kier molecular flexibility index (Phi) is 7.04. The summed E-state index contributed by atoms with van der Waals surface area (Å²) in [6.07, 6.45) is 1.45. The van der Waals surface area contributed by atoms with Crippen LogP contribution in [0, 0.1) is 0 Å². The van der Waals surface area contributed by atoms with Crippen LogP contribution in [0.5, 0.6) is 11.5 Å². The highest BCUT2D eigenvalue weighted by Crippen LogP contribution is 2.30. The van der Waals surface area contributed by atoms with E-state index in [1.54, 1.807) is 48.5 Å². The van der Waals surface area contributed by atoms with Crippen molar-refractivity contribution < 1.29 is 28.6 Å². The van der Waals surface area contributed by atoms with Gasteiger partial charge in [-0.25, -0.2) is 9.69 Å². The first-order valence-corrected chi connectivity index (χ1v) is 9.78. The molecular weight excluding hydrogens is 400 g/mol. The molecule has 0 bridgehead atoms. The van der Waals surface area contributed by atoms with Crippen LogP contribution in [0.15, 0.2) is 54.1 Å². The number of barbiturate groups is 1. The van der Waals surface area contributed by atoms with Gasteiger partial charge in [-0.3, -0.25) is 14.5 Å². The summed E-state index contributed by atoms with van der Waals surface area (Å²) in [5.74, 6) is -0.342. The molecule has 1 aliphatic rings. The highest BCUT2D eigenvalue weighted by Gasteiger charge is 2.42. The van der Waals surface area contributed by atoms with E-state index in [1.165, 1.54) is 20.3 Å². The molecule has 0 unspecified atom stereocenters. The maximum atomic E-state index is 13.2. The molecule has 0 N–H and O–H groups in total. The number of amides is 4. The van der Waals surface area contributed by atoms with Gasteiger partial charge < -0.3 is 14.2 Å². The van der Waals surface area contributed by atoms with Gasteiger partial charge in [0.25, 0.3) is 11.8 Å². The van der Waals surface area contributed by atoms with E-state index in [2.05, 4.69) is 0 Å². The number of carbonyl (C=O) groups excluding carboxylic acids is 3. The number of para-hydroxylation sites is 1. The average Bonchev–Trinajstić information content (AvgIpc) is 2.78. The molecule has 162 valence electrons. The van der Waals surface area contributed by atoms with Gasteiger partial charge in [0, 0.05) is 7.11 Å². The summed E-state index contributed by atoms with van der Waals surface area (Å²) in [7, 11) is 2.98. The predicted molar refractivity (Wildman–Crippen MR) is 115 cm³/mol. The molecule has 4 amide bonds. The van der Waals surface area contributed by atoms with Gasteiger partial charge in [-0.15, -0.1) is 0 Å². The number of imide groups is 2. The second-order valence-corrected chi connectivity index (χ2v) is 6.61. The summed E-state index contributed by atoms with van der Waals surface area (Å²) >= 11 is 0. The Morgan fingerprint density at radius 3 is 2.32 bits per heavy atom. The average molecular weight is 424 g/mol. The van der Waals surface area contributed by atoms with E-state index in [0.29, 0.717) is 29.4 Å². The second-order valence-electron chi connectivity index (χ2n) is 6.61. The fourth-order valence-electron chi connectivity index (χ4n) is 3.18. The lowest BCUT2D eigenvalue weighted by Gasteiger charge is -2.33. The molecule has 0 aliphatic carbocycles. The van der Waals surface area contributed by atoms with Gasteiger partial charge in [-0.1, -0.05) is 24.3 Å². The van der Waals surface area contributed by atoms with Crippen molar-refractivity contribution in [3.05, 3.63) is 59.7 Å². The summed E-state index contributed by atoms with van der Waals surface area (Å²) in [5, 5.41) is 0. The van der Waals surface area contributed by atoms with Gasteiger partial charge in [0.05, 0.1) is 32.6 Å². The lowest BCUT2D eigenvalue weighted by atomic mass is 10.0. The van der Waals surface area contributed by atoms with Crippen LogP contribution >= 0.6 is 0 Å². The maximum Gasteiger partial charge on any atom is 0.338 e. The van der Waals surface area contributed by atoms with Crippen molar-refractivity contribution >= 4 is 29.6 Å². The Hall–Kier alpha value is -3.65. The Labute approximate surface area is 180 Å². The third-order valence-electron chi connectivity index (χ3n) is 4.66. The molecule has 8 nitrogen and oxygen atoms in total. The number of ether oxygens (including phenoxy) is 3. The zero-order chi connectivity index (χ0) is 22.4. The molecule has 1 heterocycles. The first-order valence-electron chi connectivity index (χ1n) is 9.78. The number of nitrogens with zero attached hydrogens (tertiary/aromatic N) is 2. The van der Waals surface area contributed by atoms with Crippen molar-refractivity contribution in [2.24, 2.45) is 0 Å². The quantitative estimate of drug-likeness (QED) is 0.478. The molecule has 2 aromatic carbocycles. The number of benzene rings is 2. The van der Waals surface area contributed by atoms with E-state index >= 15 is 0 Å². The summed E-state index contributed by atoms with van der Waals surface area (Å²) in [6, 6.07) is 12.9. The highest BCUT2D eigenvalue weighted by atomic mass is 16.5. The van der Waals surface area contributed by atoms with Gasteiger partial charge in [0.1, 0.15) is 5.57 Å². The van der Waals surface area contributed by atoms with Crippen LogP contribution in [0.4, 0.5) is 10.5 Å². The van der Waals surface area contributed by atoms with Gasteiger partial charge in [-0.05, 0) is 42.8 Å². The molecule has 31 heavy (non-hydrogen) atoms. The van der Waals surface area contributed by atoms with Crippen molar-refractivity contribution in [2.75, 3.05) is 38.9 Å². The lowest BCUT2D eigenvalue weighted by Crippen LogP contribution is -2.57. The summed E-state index contributed by atoms with van der Waals surface area (Å²) in [4.78, 5) is 41.2. The summed E-state index contributed by atoms with van der Waals surface area (Å²) in [6.45, 7) is 2.50. The third kappa shape index (κ3) is 4.59. The Morgan fingerprint density at radius 2 is 1.68 bits per heavy atom. The number of carbonyl (C=O) groups is 3. The number of urea groups is 1. The topological polar surface area (TPSA) is 85.4 Å². The van der Waals surface area contributed by atoms with E-state index in [0.717, 1.165) is 9.80 Å².